The summed E-state index contributed by atoms with van der Waals surface area (Å²) in [6.07, 6.45) is 1.58. The number of carboxylic acid groups (broad SMARTS) is 1. The Kier molecular flexibility index (Phi) is 5.92. The van der Waals surface area contributed by atoms with Crippen molar-refractivity contribution in [3.8, 4) is 5.75 Å². The number of amides is 3. The maximum absolute atomic E-state index is 12.5. The molecule has 1 aliphatic heterocycles. The van der Waals surface area contributed by atoms with E-state index in [9.17, 15) is 24.3 Å². The second kappa shape index (κ2) is 8.55. The number of carboxylic acids is 1. The summed E-state index contributed by atoms with van der Waals surface area (Å²) < 4.78 is 4.97. The normalized spacial score (nSPS) is 12.7. The van der Waals surface area contributed by atoms with Crippen LogP contribution in [0.2, 0.25) is 0 Å². The minimum Gasteiger partial charge on any atom is -0.546 e. The molecule has 1 N–H and O–H groups in total. The second-order valence-electron chi connectivity index (χ2n) is 6.52. The van der Waals surface area contributed by atoms with Crippen LogP contribution in [0.15, 0.2) is 42.5 Å². The Morgan fingerprint density at radius 1 is 1.03 bits per heavy atom. The minimum absolute atomic E-state index is 0.227. The Morgan fingerprint density at radius 2 is 1.72 bits per heavy atom. The van der Waals surface area contributed by atoms with Crippen molar-refractivity contribution in [2.75, 3.05) is 18.5 Å². The predicted molar refractivity (Wildman–Crippen MR) is 102 cm³/mol. The summed E-state index contributed by atoms with van der Waals surface area (Å²) >= 11 is 0. The number of rotatable bonds is 8. The van der Waals surface area contributed by atoms with E-state index in [1.54, 1.807) is 12.1 Å². The molecule has 3 rings (SSSR count). The first-order valence-electron chi connectivity index (χ1n) is 9.15. The SMILES string of the molecule is CCCCN1C(=O)c2ccc(C(=O)Nc3ccc(OCC(=O)[O-])cc3)cc2C1=O. The van der Waals surface area contributed by atoms with Crippen LogP contribution in [0.4, 0.5) is 5.69 Å². The fourth-order valence-electron chi connectivity index (χ4n) is 2.93. The summed E-state index contributed by atoms with van der Waals surface area (Å²) in [5.74, 6) is -2.18. The number of nitrogens with zero attached hydrogens (tertiary/aromatic N) is 1. The molecule has 2 aromatic rings. The van der Waals surface area contributed by atoms with Gasteiger partial charge in [-0.25, -0.2) is 0 Å². The van der Waals surface area contributed by atoms with Gasteiger partial charge in [0.25, 0.3) is 17.7 Å². The summed E-state index contributed by atoms with van der Waals surface area (Å²) in [6, 6.07) is 10.5. The van der Waals surface area contributed by atoms with E-state index in [4.69, 9.17) is 4.74 Å². The molecule has 0 saturated heterocycles. The lowest BCUT2D eigenvalue weighted by molar-refractivity contribution is -0.307. The molecule has 0 aromatic heterocycles. The lowest BCUT2D eigenvalue weighted by atomic mass is 10.1. The number of hydrogen-bond acceptors (Lipinski definition) is 6. The van der Waals surface area contributed by atoms with Crippen LogP contribution >= 0.6 is 0 Å². The average Bonchev–Trinajstić information content (AvgIpc) is 2.95. The molecule has 2 aromatic carbocycles. The van der Waals surface area contributed by atoms with Gasteiger partial charge in [0, 0.05) is 17.8 Å². The van der Waals surface area contributed by atoms with Gasteiger partial charge in [0.15, 0.2) is 0 Å². The lowest BCUT2D eigenvalue weighted by Gasteiger charge is -2.12. The number of fused-ring (bicyclic) bond motifs is 1. The summed E-state index contributed by atoms with van der Waals surface area (Å²) in [5, 5.41) is 13.1. The number of ether oxygens (including phenoxy) is 1. The molecule has 8 nitrogen and oxygen atoms in total. The fraction of sp³-hybridized carbons (Fsp3) is 0.238. The molecule has 1 aliphatic rings. The van der Waals surface area contributed by atoms with Gasteiger partial charge in [-0.05, 0) is 48.9 Å². The van der Waals surface area contributed by atoms with Gasteiger partial charge in [-0.2, -0.15) is 0 Å². The molecule has 0 unspecified atom stereocenters. The molecule has 0 bridgehead atoms. The predicted octanol–water partition coefficient (Wildman–Crippen LogP) is 1.46. The third-order valence-corrected chi connectivity index (χ3v) is 4.44. The molecule has 0 aliphatic carbocycles. The number of unbranched alkanes of at least 4 members (excludes halogenated alkanes) is 1. The topological polar surface area (TPSA) is 116 Å². The molecule has 0 saturated carbocycles. The van der Waals surface area contributed by atoms with Gasteiger partial charge in [0.05, 0.1) is 17.1 Å². The quantitative estimate of drug-likeness (QED) is 0.677. The van der Waals surface area contributed by atoms with Crippen molar-refractivity contribution in [3.05, 3.63) is 59.2 Å². The third-order valence-electron chi connectivity index (χ3n) is 4.44. The minimum atomic E-state index is -1.33. The maximum atomic E-state index is 12.5. The zero-order valence-corrected chi connectivity index (χ0v) is 15.8. The molecule has 0 fully saturated rings. The van der Waals surface area contributed by atoms with E-state index < -0.39 is 18.5 Å². The van der Waals surface area contributed by atoms with E-state index >= 15 is 0 Å². The van der Waals surface area contributed by atoms with E-state index in [0.717, 1.165) is 12.8 Å². The molecule has 29 heavy (non-hydrogen) atoms. The van der Waals surface area contributed by atoms with Crippen LogP contribution in [0.5, 0.6) is 5.75 Å². The van der Waals surface area contributed by atoms with Crippen molar-refractivity contribution >= 4 is 29.4 Å². The number of anilines is 1. The highest BCUT2D eigenvalue weighted by molar-refractivity contribution is 6.22. The van der Waals surface area contributed by atoms with Crippen LogP contribution in [-0.4, -0.2) is 41.7 Å². The van der Waals surface area contributed by atoms with Crippen molar-refractivity contribution in [2.24, 2.45) is 0 Å². The maximum Gasteiger partial charge on any atom is 0.261 e. The van der Waals surface area contributed by atoms with E-state index in [0.29, 0.717) is 23.5 Å². The first-order chi connectivity index (χ1) is 13.9. The Labute approximate surface area is 167 Å². The van der Waals surface area contributed by atoms with Crippen molar-refractivity contribution in [3.63, 3.8) is 0 Å². The molecule has 0 atom stereocenters. The standard InChI is InChI=1S/C21H20N2O6/c1-2-3-10-23-20(27)16-9-4-13(11-17(16)21(23)28)19(26)22-14-5-7-15(8-6-14)29-12-18(24)25/h4-9,11H,2-3,10,12H2,1H3,(H,22,26)(H,24,25)/p-1. The van der Waals surface area contributed by atoms with Crippen LogP contribution < -0.4 is 15.2 Å². The molecular weight excluding hydrogens is 376 g/mol. The zero-order valence-electron chi connectivity index (χ0n) is 15.8. The number of imide groups is 1. The molecule has 0 radical (unpaired) electrons. The monoisotopic (exact) mass is 395 g/mol. The summed E-state index contributed by atoms with van der Waals surface area (Å²) in [7, 11) is 0. The Bertz CT molecular complexity index is 968. The van der Waals surface area contributed by atoms with E-state index in [1.807, 2.05) is 6.92 Å². The molecule has 8 heteroatoms. The first kappa shape index (κ1) is 20.1. The first-order valence-corrected chi connectivity index (χ1v) is 9.15. The Hall–Kier alpha value is -3.68. The highest BCUT2D eigenvalue weighted by atomic mass is 16.5. The molecule has 3 amide bonds. The number of benzene rings is 2. The number of hydrogen-bond donors (Lipinski definition) is 1. The average molecular weight is 395 g/mol. The highest BCUT2D eigenvalue weighted by Gasteiger charge is 2.35. The number of carbonyl (C=O) groups excluding carboxylic acids is 4. The summed E-state index contributed by atoms with van der Waals surface area (Å²) in [4.78, 5) is 49.0. The summed E-state index contributed by atoms with van der Waals surface area (Å²) in [6.45, 7) is 1.77. The lowest BCUT2D eigenvalue weighted by Crippen LogP contribution is -2.30. The molecular formula is C21H19N2O6-. The van der Waals surface area contributed by atoms with Gasteiger partial charge in [-0.1, -0.05) is 13.3 Å². The van der Waals surface area contributed by atoms with Crippen LogP contribution in [0, 0.1) is 0 Å². The number of nitrogens with one attached hydrogen (secondary N) is 1. The van der Waals surface area contributed by atoms with Crippen molar-refractivity contribution in [1.82, 2.24) is 4.90 Å². The molecule has 1 heterocycles. The molecule has 150 valence electrons. The third kappa shape index (κ3) is 4.43. The number of carbonyl (C=O) groups is 4. The van der Waals surface area contributed by atoms with Crippen molar-refractivity contribution in [1.29, 1.82) is 0 Å². The Balaban J connectivity index is 1.70. The van der Waals surface area contributed by atoms with Crippen LogP contribution in [0.3, 0.4) is 0 Å². The van der Waals surface area contributed by atoms with Gasteiger partial charge in [0.2, 0.25) is 0 Å². The largest absolute Gasteiger partial charge is 0.546 e. The van der Waals surface area contributed by atoms with Crippen LogP contribution in [0.25, 0.3) is 0 Å². The second-order valence-corrected chi connectivity index (χ2v) is 6.52. The van der Waals surface area contributed by atoms with Crippen LogP contribution in [-0.2, 0) is 4.79 Å². The van der Waals surface area contributed by atoms with E-state index in [1.165, 1.54) is 35.2 Å². The van der Waals surface area contributed by atoms with Gasteiger partial charge < -0.3 is 20.0 Å². The highest BCUT2D eigenvalue weighted by Crippen LogP contribution is 2.25. The van der Waals surface area contributed by atoms with Gasteiger partial charge >= 0.3 is 0 Å². The van der Waals surface area contributed by atoms with Crippen molar-refractivity contribution in [2.45, 2.75) is 19.8 Å². The van der Waals surface area contributed by atoms with Gasteiger partial charge in [-0.3, -0.25) is 19.3 Å². The smallest absolute Gasteiger partial charge is 0.261 e. The zero-order chi connectivity index (χ0) is 21.0. The van der Waals surface area contributed by atoms with Gasteiger partial charge in [0.1, 0.15) is 12.4 Å². The van der Waals surface area contributed by atoms with Crippen molar-refractivity contribution < 1.29 is 29.0 Å². The van der Waals surface area contributed by atoms with E-state index in [2.05, 4.69) is 5.32 Å². The van der Waals surface area contributed by atoms with Gasteiger partial charge in [-0.15, -0.1) is 0 Å². The fourth-order valence-corrected chi connectivity index (χ4v) is 2.93. The van der Waals surface area contributed by atoms with Crippen LogP contribution in [0.1, 0.15) is 50.8 Å². The summed E-state index contributed by atoms with van der Waals surface area (Å²) in [5.41, 5.74) is 1.24. The molecule has 0 spiro atoms. The Morgan fingerprint density at radius 3 is 2.38 bits per heavy atom. The number of aliphatic carboxylic acids is 1. The van der Waals surface area contributed by atoms with E-state index in [-0.39, 0.29) is 22.9 Å².